The van der Waals surface area contributed by atoms with E-state index in [-0.39, 0.29) is 18.0 Å². The molecule has 2 N–H and O–H groups in total. The van der Waals surface area contributed by atoms with Crippen LogP contribution in [-0.4, -0.2) is 23.7 Å². The van der Waals surface area contributed by atoms with E-state index < -0.39 is 11.9 Å². The van der Waals surface area contributed by atoms with E-state index in [9.17, 15) is 9.18 Å². The topological polar surface area (TPSA) is 49.3 Å². The molecular formula is C11H14FNO2. The number of halogens is 1. The molecule has 0 saturated carbocycles. The SMILES string of the molecule is Cc1ccc(C(=O)NC[C@H](C)O)cc1F. The third-order valence-electron chi connectivity index (χ3n) is 1.99. The first kappa shape index (κ1) is 11.7. The Balaban J connectivity index is 2.70. The van der Waals surface area contributed by atoms with E-state index in [2.05, 4.69) is 5.32 Å². The van der Waals surface area contributed by atoms with E-state index in [1.54, 1.807) is 26.0 Å². The van der Waals surface area contributed by atoms with E-state index in [4.69, 9.17) is 5.11 Å². The van der Waals surface area contributed by atoms with E-state index in [0.29, 0.717) is 5.56 Å². The monoisotopic (exact) mass is 211 g/mol. The van der Waals surface area contributed by atoms with E-state index >= 15 is 0 Å². The van der Waals surface area contributed by atoms with Crippen molar-refractivity contribution in [3.05, 3.63) is 35.1 Å². The minimum Gasteiger partial charge on any atom is -0.392 e. The Hall–Kier alpha value is -1.42. The first-order valence-corrected chi connectivity index (χ1v) is 4.73. The minimum atomic E-state index is -0.607. The molecule has 0 bridgehead atoms. The summed E-state index contributed by atoms with van der Waals surface area (Å²) in [6.45, 7) is 3.36. The Morgan fingerprint density at radius 2 is 2.27 bits per heavy atom. The molecule has 0 aliphatic carbocycles. The molecule has 4 heteroatoms. The summed E-state index contributed by atoms with van der Waals surface area (Å²) in [5.41, 5.74) is 0.765. The van der Waals surface area contributed by atoms with Crippen LogP contribution in [0, 0.1) is 12.7 Å². The molecule has 1 aromatic carbocycles. The van der Waals surface area contributed by atoms with Gasteiger partial charge in [-0.05, 0) is 31.5 Å². The van der Waals surface area contributed by atoms with Crippen LogP contribution in [0.5, 0.6) is 0 Å². The zero-order valence-electron chi connectivity index (χ0n) is 8.75. The Morgan fingerprint density at radius 1 is 1.60 bits per heavy atom. The second-order valence-corrected chi connectivity index (χ2v) is 3.52. The average molecular weight is 211 g/mol. The fourth-order valence-corrected chi connectivity index (χ4v) is 1.08. The predicted molar refractivity (Wildman–Crippen MR) is 55.2 cm³/mol. The third kappa shape index (κ3) is 3.32. The number of hydrogen-bond donors (Lipinski definition) is 2. The summed E-state index contributed by atoms with van der Waals surface area (Å²) < 4.78 is 13.1. The maximum Gasteiger partial charge on any atom is 0.251 e. The zero-order chi connectivity index (χ0) is 11.4. The lowest BCUT2D eigenvalue weighted by Gasteiger charge is -2.07. The lowest BCUT2D eigenvalue weighted by atomic mass is 10.1. The van der Waals surface area contributed by atoms with Gasteiger partial charge in [0, 0.05) is 12.1 Å². The summed E-state index contributed by atoms with van der Waals surface area (Å²) in [6.07, 6.45) is -0.607. The first-order valence-electron chi connectivity index (χ1n) is 4.73. The molecule has 0 aromatic heterocycles. The van der Waals surface area contributed by atoms with Gasteiger partial charge >= 0.3 is 0 Å². The molecule has 0 aliphatic heterocycles. The molecule has 1 atom stereocenters. The quantitative estimate of drug-likeness (QED) is 0.790. The molecule has 0 unspecified atom stereocenters. The van der Waals surface area contributed by atoms with Crippen molar-refractivity contribution in [2.24, 2.45) is 0 Å². The number of aliphatic hydroxyl groups excluding tert-OH is 1. The summed E-state index contributed by atoms with van der Waals surface area (Å²) in [6, 6.07) is 4.29. The Labute approximate surface area is 87.9 Å². The van der Waals surface area contributed by atoms with Crippen molar-refractivity contribution in [2.45, 2.75) is 20.0 Å². The van der Waals surface area contributed by atoms with E-state index in [0.717, 1.165) is 0 Å². The van der Waals surface area contributed by atoms with Crippen LogP contribution in [0.15, 0.2) is 18.2 Å². The van der Waals surface area contributed by atoms with E-state index in [1.165, 1.54) is 6.07 Å². The fraction of sp³-hybridized carbons (Fsp3) is 0.364. The number of carbonyl (C=O) groups excluding carboxylic acids is 1. The van der Waals surface area contributed by atoms with Gasteiger partial charge in [-0.3, -0.25) is 4.79 Å². The third-order valence-corrected chi connectivity index (χ3v) is 1.99. The number of benzene rings is 1. The van der Waals surface area contributed by atoms with Crippen LogP contribution in [0.2, 0.25) is 0 Å². The number of aliphatic hydroxyl groups is 1. The molecule has 15 heavy (non-hydrogen) atoms. The minimum absolute atomic E-state index is 0.161. The van der Waals surface area contributed by atoms with Gasteiger partial charge in [-0.1, -0.05) is 6.07 Å². The number of carbonyl (C=O) groups is 1. The number of aryl methyl sites for hydroxylation is 1. The van der Waals surface area contributed by atoms with Crippen molar-refractivity contribution in [3.63, 3.8) is 0 Å². The molecule has 0 fully saturated rings. The highest BCUT2D eigenvalue weighted by atomic mass is 19.1. The molecule has 1 rings (SSSR count). The molecule has 3 nitrogen and oxygen atoms in total. The molecule has 1 amide bonds. The van der Waals surface area contributed by atoms with Gasteiger partial charge in [0.25, 0.3) is 5.91 Å². The second kappa shape index (κ2) is 4.89. The van der Waals surface area contributed by atoms with Gasteiger partial charge < -0.3 is 10.4 Å². The summed E-state index contributed by atoms with van der Waals surface area (Å²) >= 11 is 0. The largest absolute Gasteiger partial charge is 0.392 e. The van der Waals surface area contributed by atoms with Gasteiger partial charge in [0.05, 0.1) is 6.10 Å². The van der Waals surface area contributed by atoms with Crippen LogP contribution >= 0.6 is 0 Å². The highest BCUT2D eigenvalue weighted by Crippen LogP contribution is 2.08. The Kier molecular flexibility index (Phi) is 3.80. The van der Waals surface area contributed by atoms with Crippen molar-refractivity contribution >= 4 is 5.91 Å². The number of rotatable bonds is 3. The highest BCUT2D eigenvalue weighted by molar-refractivity contribution is 5.94. The summed E-state index contributed by atoms with van der Waals surface area (Å²) in [5.74, 6) is -0.783. The molecule has 0 aliphatic rings. The van der Waals surface area contributed by atoms with Crippen LogP contribution in [0.25, 0.3) is 0 Å². The molecule has 0 spiro atoms. The average Bonchev–Trinajstić information content (AvgIpc) is 2.18. The zero-order valence-corrected chi connectivity index (χ0v) is 8.75. The van der Waals surface area contributed by atoms with Gasteiger partial charge in [-0.25, -0.2) is 4.39 Å². The summed E-state index contributed by atoms with van der Waals surface area (Å²) in [4.78, 5) is 11.4. The van der Waals surface area contributed by atoms with Crippen molar-refractivity contribution in [2.75, 3.05) is 6.54 Å². The maximum atomic E-state index is 13.1. The van der Waals surface area contributed by atoms with Gasteiger partial charge in [0.2, 0.25) is 0 Å². The van der Waals surface area contributed by atoms with Crippen LogP contribution in [-0.2, 0) is 0 Å². The second-order valence-electron chi connectivity index (χ2n) is 3.52. The smallest absolute Gasteiger partial charge is 0.251 e. The number of hydrogen-bond acceptors (Lipinski definition) is 2. The molecule has 0 heterocycles. The van der Waals surface area contributed by atoms with Crippen molar-refractivity contribution in [1.29, 1.82) is 0 Å². The van der Waals surface area contributed by atoms with Crippen LogP contribution < -0.4 is 5.32 Å². The van der Waals surface area contributed by atoms with Crippen molar-refractivity contribution in [3.8, 4) is 0 Å². The van der Waals surface area contributed by atoms with Crippen LogP contribution in [0.1, 0.15) is 22.8 Å². The summed E-state index contributed by atoms with van der Waals surface area (Å²) in [7, 11) is 0. The lowest BCUT2D eigenvalue weighted by Crippen LogP contribution is -2.30. The highest BCUT2D eigenvalue weighted by Gasteiger charge is 2.08. The van der Waals surface area contributed by atoms with Crippen LogP contribution in [0.3, 0.4) is 0 Å². The maximum absolute atomic E-state index is 13.1. The predicted octanol–water partition coefficient (Wildman–Crippen LogP) is 1.24. The van der Waals surface area contributed by atoms with Crippen LogP contribution in [0.4, 0.5) is 4.39 Å². The molecular weight excluding hydrogens is 197 g/mol. The standard InChI is InChI=1S/C11H14FNO2/c1-7-3-4-9(5-10(7)12)11(15)13-6-8(2)14/h3-5,8,14H,6H2,1-2H3,(H,13,15)/t8-/m0/s1. The molecule has 0 saturated heterocycles. The number of amides is 1. The van der Waals surface area contributed by atoms with Gasteiger partial charge in [0.1, 0.15) is 5.82 Å². The van der Waals surface area contributed by atoms with Crippen molar-refractivity contribution in [1.82, 2.24) is 5.32 Å². The molecule has 82 valence electrons. The Morgan fingerprint density at radius 3 is 2.80 bits per heavy atom. The van der Waals surface area contributed by atoms with E-state index in [1.807, 2.05) is 0 Å². The Bertz CT molecular complexity index is 364. The number of nitrogens with one attached hydrogen (secondary N) is 1. The first-order chi connectivity index (χ1) is 7.00. The van der Waals surface area contributed by atoms with Gasteiger partial charge in [-0.2, -0.15) is 0 Å². The normalized spacial score (nSPS) is 12.3. The molecule has 1 aromatic rings. The van der Waals surface area contributed by atoms with Crippen molar-refractivity contribution < 1.29 is 14.3 Å². The van der Waals surface area contributed by atoms with Gasteiger partial charge in [0.15, 0.2) is 0 Å². The summed E-state index contributed by atoms with van der Waals surface area (Å²) in [5, 5.41) is 11.4. The molecule has 0 radical (unpaired) electrons. The van der Waals surface area contributed by atoms with Gasteiger partial charge in [-0.15, -0.1) is 0 Å². The lowest BCUT2D eigenvalue weighted by molar-refractivity contribution is 0.0923. The fourth-order valence-electron chi connectivity index (χ4n) is 1.08.